The number of nitrogens with one attached hydrogen (secondary N) is 1. The number of hydrogen-bond donors (Lipinski definition) is 2. The number of allylic oxidation sites excluding steroid dienone is 4. The summed E-state index contributed by atoms with van der Waals surface area (Å²) in [4.78, 5) is 10.3. The summed E-state index contributed by atoms with van der Waals surface area (Å²) in [5, 5.41) is 15.8. The molecular weight excluding hydrogens is 322 g/mol. The second-order valence-corrected chi connectivity index (χ2v) is 5.84. The molecule has 0 heterocycles. The van der Waals surface area contributed by atoms with Gasteiger partial charge >= 0.3 is 0 Å². The molecule has 0 radical (unpaired) electrons. The number of benzene rings is 1. The lowest BCUT2D eigenvalue weighted by molar-refractivity contribution is -0.384. The molecule has 1 aromatic rings. The predicted octanol–water partition coefficient (Wildman–Crippen LogP) is 3.56. The van der Waals surface area contributed by atoms with Crippen LogP contribution in [0.1, 0.15) is 5.56 Å². The smallest absolute Gasteiger partial charge is 0.269 e. The second-order valence-electron chi connectivity index (χ2n) is 4.94. The van der Waals surface area contributed by atoms with Gasteiger partial charge < -0.3 is 11.1 Å². The maximum atomic E-state index is 10.7. The van der Waals surface area contributed by atoms with Gasteiger partial charge in [0.25, 0.3) is 5.69 Å². The molecule has 0 unspecified atom stereocenters. The fourth-order valence-electron chi connectivity index (χ4n) is 1.92. The van der Waals surface area contributed by atoms with Gasteiger partial charge in [0.05, 0.1) is 4.92 Å². The number of nitro groups is 1. The van der Waals surface area contributed by atoms with Crippen molar-refractivity contribution < 1.29 is 4.92 Å². The lowest BCUT2D eigenvalue weighted by atomic mass is 10.0. The molecule has 1 atom stereocenters. The van der Waals surface area contributed by atoms with Crippen molar-refractivity contribution in [3.8, 4) is 0 Å². The Hall–Kier alpha value is -2.31. The largest absolute Gasteiger partial charge is 0.390 e. The number of thioether (sulfide) groups is 1. The molecule has 0 spiro atoms. The number of non-ortho nitro benzene ring substituents is 1. The van der Waals surface area contributed by atoms with E-state index in [0.717, 1.165) is 17.0 Å². The van der Waals surface area contributed by atoms with Crippen LogP contribution in [0.3, 0.4) is 0 Å². The van der Waals surface area contributed by atoms with E-state index in [1.807, 2.05) is 30.7 Å². The first-order valence-electron chi connectivity index (χ1n) is 7.51. The first-order chi connectivity index (χ1) is 11.6. The Kier molecular flexibility index (Phi) is 9.26. The molecule has 0 aliphatic heterocycles. The Labute approximate surface area is 147 Å². The van der Waals surface area contributed by atoms with E-state index in [0.29, 0.717) is 6.42 Å². The summed E-state index contributed by atoms with van der Waals surface area (Å²) in [7, 11) is 1.84. The zero-order valence-corrected chi connectivity index (χ0v) is 14.5. The minimum absolute atomic E-state index is 0.0875. The molecule has 0 bridgehead atoms. The van der Waals surface area contributed by atoms with Crippen LogP contribution in [0.2, 0.25) is 0 Å². The summed E-state index contributed by atoms with van der Waals surface area (Å²) in [5.74, 6) is 0.844. The van der Waals surface area contributed by atoms with Crippen molar-refractivity contribution in [2.75, 3.05) is 12.8 Å². The lowest BCUT2D eigenvalue weighted by Gasteiger charge is -2.15. The van der Waals surface area contributed by atoms with E-state index in [9.17, 15) is 10.1 Å². The highest BCUT2D eigenvalue weighted by atomic mass is 32.2. The molecule has 0 saturated carbocycles. The highest BCUT2D eigenvalue weighted by molar-refractivity contribution is 8.02. The fraction of sp³-hybridized carbons (Fsp3) is 0.222. The normalized spacial score (nSPS) is 13.3. The van der Waals surface area contributed by atoms with Gasteiger partial charge in [0.2, 0.25) is 0 Å². The Morgan fingerprint density at radius 3 is 2.67 bits per heavy atom. The summed E-state index contributed by atoms with van der Waals surface area (Å²) >= 11 is 1.65. The van der Waals surface area contributed by atoms with Crippen LogP contribution in [0.15, 0.2) is 72.3 Å². The van der Waals surface area contributed by atoms with Gasteiger partial charge in [-0.1, -0.05) is 49.1 Å². The number of nitrogens with two attached hydrogens (primary N) is 1. The quantitative estimate of drug-likeness (QED) is 0.293. The zero-order valence-electron chi connectivity index (χ0n) is 13.7. The number of nitro benzene ring substituents is 1. The predicted molar refractivity (Wildman–Crippen MR) is 103 cm³/mol. The third kappa shape index (κ3) is 7.30. The molecule has 0 aliphatic carbocycles. The third-order valence-corrected chi connectivity index (χ3v) is 3.99. The van der Waals surface area contributed by atoms with Crippen LogP contribution in [0.25, 0.3) is 0 Å². The van der Waals surface area contributed by atoms with E-state index in [4.69, 9.17) is 5.73 Å². The molecule has 1 aromatic carbocycles. The number of rotatable bonds is 10. The molecule has 0 fully saturated rings. The summed E-state index contributed by atoms with van der Waals surface area (Å²) < 4.78 is 0. The van der Waals surface area contributed by atoms with Crippen LogP contribution in [-0.2, 0) is 6.42 Å². The van der Waals surface area contributed by atoms with Crippen molar-refractivity contribution in [3.05, 3.63) is 88.0 Å². The minimum Gasteiger partial charge on any atom is -0.390 e. The SMILES string of the molecule is C=C/C=C\C=C\CS/C=C(\NC)[C@@H](N)Cc1ccc([N+](=O)[O-])cc1. The van der Waals surface area contributed by atoms with E-state index < -0.39 is 4.92 Å². The number of nitrogens with zero attached hydrogens (tertiary/aromatic N) is 1. The van der Waals surface area contributed by atoms with Gasteiger partial charge in [-0.3, -0.25) is 10.1 Å². The Bertz CT molecular complexity index is 622. The molecule has 6 heteroatoms. The van der Waals surface area contributed by atoms with Crippen molar-refractivity contribution in [2.45, 2.75) is 12.5 Å². The van der Waals surface area contributed by atoms with Gasteiger partial charge in [0.1, 0.15) is 0 Å². The third-order valence-electron chi connectivity index (χ3n) is 3.19. The van der Waals surface area contributed by atoms with Crippen molar-refractivity contribution >= 4 is 17.4 Å². The Balaban J connectivity index is 2.55. The van der Waals surface area contributed by atoms with Crippen LogP contribution in [0.4, 0.5) is 5.69 Å². The van der Waals surface area contributed by atoms with Gasteiger partial charge in [-0.15, -0.1) is 11.8 Å². The molecule has 1 rings (SSSR count). The maximum absolute atomic E-state index is 10.7. The molecule has 128 valence electrons. The zero-order chi connectivity index (χ0) is 17.8. The number of likely N-dealkylation sites (N-methyl/N-ethyl adjacent to an activating group) is 1. The first kappa shape index (κ1) is 19.7. The summed E-state index contributed by atoms with van der Waals surface area (Å²) in [6.45, 7) is 3.61. The van der Waals surface area contributed by atoms with Crippen molar-refractivity contribution in [1.82, 2.24) is 5.32 Å². The van der Waals surface area contributed by atoms with Gasteiger partial charge in [-0.2, -0.15) is 0 Å². The Morgan fingerprint density at radius 1 is 1.38 bits per heavy atom. The first-order valence-corrected chi connectivity index (χ1v) is 8.56. The highest BCUT2D eigenvalue weighted by Gasteiger charge is 2.10. The lowest BCUT2D eigenvalue weighted by Crippen LogP contribution is -2.31. The van der Waals surface area contributed by atoms with Gasteiger partial charge in [0, 0.05) is 36.7 Å². The topological polar surface area (TPSA) is 81.2 Å². The highest BCUT2D eigenvalue weighted by Crippen LogP contribution is 2.15. The van der Waals surface area contributed by atoms with E-state index in [1.54, 1.807) is 30.0 Å². The molecule has 3 N–H and O–H groups in total. The summed E-state index contributed by atoms with van der Waals surface area (Å²) in [6, 6.07) is 6.30. The monoisotopic (exact) mass is 345 g/mol. The molecule has 0 aliphatic rings. The van der Waals surface area contributed by atoms with Crippen LogP contribution in [0.5, 0.6) is 0 Å². The average Bonchev–Trinajstić information content (AvgIpc) is 2.57. The molecule has 0 amide bonds. The standard InChI is InChI=1S/C18H23N3O2S/c1-3-4-5-6-7-12-24-14-18(20-2)17(19)13-15-8-10-16(11-9-15)21(22)23/h3-11,14,17,20H,1,12-13,19H2,2H3/b5-4-,7-6+,18-14-/t17-/m0/s1. The molecule has 0 aromatic heterocycles. The van der Waals surface area contributed by atoms with Crippen molar-refractivity contribution in [3.63, 3.8) is 0 Å². The van der Waals surface area contributed by atoms with Crippen LogP contribution in [-0.4, -0.2) is 23.8 Å². The fourth-order valence-corrected chi connectivity index (χ4v) is 2.71. The molecule has 5 nitrogen and oxygen atoms in total. The van der Waals surface area contributed by atoms with Crippen molar-refractivity contribution in [2.24, 2.45) is 5.73 Å². The van der Waals surface area contributed by atoms with Crippen LogP contribution < -0.4 is 11.1 Å². The molecule has 0 saturated heterocycles. The van der Waals surface area contributed by atoms with Gasteiger partial charge in [-0.25, -0.2) is 0 Å². The molecule has 24 heavy (non-hydrogen) atoms. The van der Waals surface area contributed by atoms with E-state index in [1.165, 1.54) is 12.1 Å². The molecular formula is C18H23N3O2S. The van der Waals surface area contributed by atoms with Crippen molar-refractivity contribution in [1.29, 1.82) is 0 Å². The minimum atomic E-state index is -0.406. The summed E-state index contributed by atoms with van der Waals surface area (Å²) in [6.07, 6.45) is 10.2. The van der Waals surface area contributed by atoms with Gasteiger partial charge in [0.15, 0.2) is 0 Å². The summed E-state index contributed by atoms with van der Waals surface area (Å²) in [5.41, 5.74) is 8.21. The van der Waals surface area contributed by atoms with Crippen LogP contribution in [0, 0.1) is 10.1 Å². The maximum Gasteiger partial charge on any atom is 0.269 e. The van der Waals surface area contributed by atoms with E-state index >= 15 is 0 Å². The average molecular weight is 345 g/mol. The van der Waals surface area contributed by atoms with Gasteiger partial charge in [-0.05, 0) is 17.4 Å². The number of hydrogen-bond acceptors (Lipinski definition) is 5. The second kappa shape index (κ2) is 11.3. The Morgan fingerprint density at radius 2 is 2.08 bits per heavy atom. The van der Waals surface area contributed by atoms with Crippen LogP contribution >= 0.6 is 11.8 Å². The van der Waals surface area contributed by atoms with E-state index in [-0.39, 0.29) is 11.7 Å². The van der Waals surface area contributed by atoms with E-state index in [2.05, 4.69) is 18.0 Å².